The fourth-order valence-electron chi connectivity index (χ4n) is 2.79. The lowest BCUT2D eigenvalue weighted by Crippen LogP contribution is -2.18. The molecule has 3 aromatic rings. The Morgan fingerprint density at radius 1 is 0.941 bits per heavy atom. The number of hydrogen-bond acceptors (Lipinski definition) is 6. The van der Waals surface area contributed by atoms with Gasteiger partial charge in [0, 0.05) is 20.6 Å². The van der Waals surface area contributed by atoms with Gasteiger partial charge in [0.05, 0.1) is 28.5 Å². The van der Waals surface area contributed by atoms with Crippen LogP contribution in [-0.2, 0) is 19.6 Å². The highest BCUT2D eigenvalue weighted by molar-refractivity contribution is 8.00. The first-order chi connectivity index (χ1) is 16.2. The second-order valence-electron chi connectivity index (χ2n) is 6.82. The summed E-state index contributed by atoms with van der Waals surface area (Å²) >= 11 is 13.2. The first kappa shape index (κ1) is 25.9. The Hall–Kier alpha value is -2.72. The lowest BCUT2D eigenvalue weighted by Gasteiger charge is -2.14. The Morgan fingerprint density at radius 2 is 1.59 bits per heavy atom. The normalized spacial score (nSPS) is 11.0. The van der Waals surface area contributed by atoms with Crippen molar-refractivity contribution in [3.05, 3.63) is 82.3 Å². The van der Waals surface area contributed by atoms with E-state index in [2.05, 4.69) is 10.0 Å². The van der Waals surface area contributed by atoms with Crippen LogP contribution in [0.4, 0.5) is 11.4 Å². The van der Waals surface area contributed by atoms with Gasteiger partial charge < -0.3 is 10.1 Å². The summed E-state index contributed by atoms with van der Waals surface area (Å²) in [6, 6.07) is 16.8. The van der Waals surface area contributed by atoms with Crippen LogP contribution in [-0.4, -0.2) is 32.7 Å². The van der Waals surface area contributed by atoms with Gasteiger partial charge in [0.1, 0.15) is 0 Å². The predicted molar refractivity (Wildman–Crippen MR) is 135 cm³/mol. The minimum Gasteiger partial charge on any atom is -0.465 e. The van der Waals surface area contributed by atoms with E-state index in [9.17, 15) is 18.0 Å². The molecule has 0 fully saturated rings. The van der Waals surface area contributed by atoms with Crippen molar-refractivity contribution < 1.29 is 22.7 Å². The Labute approximate surface area is 211 Å². The second kappa shape index (κ2) is 11.6. The van der Waals surface area contributed by atoms with E-state index in [1.54, 1.807) is 31.2 Å². The monoisotopic (exact) mass is 538 g/mol. The molecule has 0 heterocycles. The number of rotatable bonds is 9. The molecule has 3 aromatic carbocycles. The Kier molecular flexibility index (Phi) is 8.84. The molecular weight excluding hydrogens is 519 g/mol. The standard InChI is InChI=1S/C23H20Cl2N2O5S2/c1-2-32-22(28)14-33-18-8-6-17(7-9-18)26-23(29)20-13-16(25)5-12-21(20)27-34(30,31)19-10-3-15(24)4-11-19/h3-13,27H,2,14H2,1H3,(H,26,29). The molecule has 7 nitrogen and oxygen atoms in total. The van der Waals surface area contributed by atoms with Gasteiger partial charge in [0.15, 0.2) is 0 Å². The van der Waals surface area contributed by atoms with Crippen molar-refractivity contribution in [2.24, 2.45) is 0 Å². The highest BCUT2D eigenvalue weighted by Gasteiger charge is 2.19. The van der Waals surface area contributed by atoms with Gasteiger partial charge in [0.2, 0.25) is 0 Å². The van der Waals surface area contributed by atoms with E-state index in [1.807, 2.05) is 0 Å². The molecule has 0 aromatic heterocycles. The Morgan fingerprint density at radius 3 is 2.24 bits per heavy atom. The summed E-state index contributed by atoms with van der Waals surface area (Å²) < 4.78 is 32.9. The molecule has 0 aliphatic heterocycles. The predicted octanol–water partition coefficient (Wildman–Crippen LogP) is 5.70. The largest absolute Gasteiger partial charge is 0.465 e. The average Bonchev–Trinajstić information content (AvgIpc) is 2.80. The molecule has 0 radical (unpaired) electrons. The van der Waals surface area contributed by atoms with Gasteiger partial charge >= 0.3 is 5.97 Å². The lowest BCUT2D eigenvalue weighted by molar-refractivity contribution is -0.139. The summed E-state index contributed by atoms with van der Waals surface area (Å²) in [6.45, 7) is 2.07. The second-order valence-corrected chi connectivity index (χ2v) is 10.4. The molecule has 1 amide bonds. The van der Waals surface area contributed by atoms with E-state index in [0.29, 0.717) is 17.3 Å². The van der Waals surface area contributed by atoms with Crippen molar-refractivity contribution in [1.82, 2.24) is 0 Å². The van der Waals surface area contributed by atoms with Crippen molar-refractivity contribution in [2.45, 2.75) is 16.7 Å². The topological polar surface area (TPSA) is 102 Å². The number of sulfonamides is 1. The third kappa shape index (κ3) is 7.14. The maximum atomic E-state index is 12.9. The van der Waals surface area contributed by atoms with Crippen LogP contribution >= 0.6 is 35.0 Å². The first-order valence-electron chi connectivity index (χ1n) is 9.95. The molecule has 178 valence electrons. The molecule has 34 heavy (non-hydrogen) atoms. The number of halogens is 2. The highest BCUT2D eigenvalue weighted by atomic mass is 35.5. The van der Waals surface area contributed by atoms with Gasteiger partial charge in [0.25, 0.3) is 15.9 Å². The van der Waals surface area contributed by atoms with E-state index in [0.717, 1.165) is 4.90 Å². The molecule has 0 atom stereocenters. The highest BCUT2D eigenvalue weighted by Crippen LogP contribution is 2.26. The van der Waals surface area contributed by atoms with E-state index in [-0.39, 0.29) is 32.9 Å². The summed E-state index contributed by atoms with van der Waals surface area (Å²) in [5.41, 5.74) is 0.598. The molecule has 0 aliphatic rings. The van der Waals surface area contributed by atoms with Gasteiger partial charge in [-0.2, -0.15) is 0 Å². The number of esters is 1. The number of thioether (sulfide) groups is 1. The third-order valence-corrected chi connectivity index (χ3v) is 7.22. The van der Waals surface area contributed by atoms with Gasteiger partial charge in [-0.05, 0) is 73.7 Å². The maximum absolute atomic E-state index is 12.9. The smallest absolute Gasteiger partial charge is 0.316 e. The molecule has 0 saturated heterocycles. The summed E-state index contributed by atoms with van der Waals surface area (Å²) in [4.78, 5) is 25.2. The van der Waals surface area contributed by atoms with E-state index >= 15 is 0 Å². The molecule has 0 spiro atoms. The van der Waals surface area contributed by atoms with Crippen LogP contribution in [0.1, 0.15) is 17.3 Å². The number of benzene rings is 3. The SMILES string of the molecule is CCOC(=O)CSc1ccc(NC(=O)c2cc(Cl)ccc2NS(=O)(=O)c2ccc(Cl)cc2)cc1. The summed E-state index contributed by atoms with van der Waals surface area (Å²) in [5, 5.41) is 3.39. The lowest BCUT2D eigenvalue weighted by atomic mass is 10.1. The molecular formula is C23H20Cl2N2O5S2. The summed E-state index contributed by atoms with van der Waals surface area (Å²) in [7, 11) is -3.97. The number of carbonyl (C=O) groups excluding carboxylic acids is 2. The number of nitrogens with one attached hydrogen (secondary N) is 2. The van der Waals surface area contributed by atoms with Gasteiger partial charge in [-0.3, -0.25) is 14.3 Å². The molecule has 0 bridgehead atoms. The fraction of sp³-hybridized carbons (Fsp3) is 0.130. The number of carbonyl (C=O) groups is 2. The third-order valence-electron chi connectivity index (χ3n) is 4.37. The van der Waals surface area contributed by atoms with Crippen molar-refractivity contribution in [3.63, 3.8) is 0 Å². The zero-order valence-electron chi connectivity index (χ0n) is 17.9. The zero-order valence-corrected chi connectivity index (χ0v) is 21.0. The first-order valence-corrected chi connectivity index (χ1v) is 13.2. The van der Waals surface area contributed by atoms with E-state index < -0.39 is 15.9 Å². The molecule has 2 N–H and O–H groups in total. The van der Waals surface area contributed by atoms with Crippen LogP contribution in [0.25, 0.3) is 0 Å². The van der Waals surface area contributed by atoms with Gasteiger partial charge in [-0.15, -0.1) is 11.8 Å². The number of anilines is 2. The van der Waals surface area contributed by atoms with Crippen molar-refractivity contribution in [2.75, 3.05) is 22.4 Å². The zero-order chi connectivity index (χ0) is 24.7. The molecule has 0 unspecified atom stereocenters. The van der Waals surface area contributed by atoms with Crippen LogP contribution < -0.4 is 10.0 Å². The summed E-state index contributed by atoms with van der Waals surface area (Å²) in [5.74, 6) is -0.679. The Balaban J connectivity index is 1.74. The van der Waals surface area contributed by atoms with Crippen LogP contribution in [0.3, 0.4) is 0 Å². The maximum Gasteiger partial charge on any atom is 0.316 e. The number of hydrogen-bond donors (Lipinski definition) is 2. The van der Waals surface area contributed by atoms with Crippen molar-refractivity contribution in [1.29, 1.82) is 0 Å². The van der Waals surface area contributed by atoms with Crippen LogP contribution in [0.2, 0.25) is 10.0 Å². The quantitative estimate of drug-likeness (QED) is 0.267. The number of amides is 1. The molecule has 0 aliphatic carbocycles. The van der Waals surface area contributed by atoms with E-state index in [4.69, 9.17) is 27.9 Å². The molecule has 0 saturated carbocycles. The summed E-state index contributed by atoms with van der Waals surface area (Å²) in [6.07, 6.45) is 0. The number of ether oxygens (including phenoxy) is 1. The minimum absolute atomic E-state index is 0.00545. The van der Waals surface area contributed by atoms with Crippen LogP contribution in [0.5, 0.6) is 0 Å². The van der Waals surface area contributed by atoms with Crippen LogP contribution in [0.15, 0.2) is 76.5 Å². The van der Waals surface area contributed by atoms with Crippen molar-refractivity contribution in [3.8, 4) is 0 Å². The Bertz CT molecular complexity index is 1280. The van der Waals surface area contributed by atoms with Crippen LogP contribution in [0, 0.1) is 0 Å². The molecule has 11 heteroatoms. The van der Waals surface area contributed by atoms with E-state index in [1.165, 1.54) is 54.2 Å². The molecule has 3 rings (SSSR count). The van der Waals surface area contributed by atoms with Gasteiger partial charge in [-0.1, -0.05) is 23.2 Å². The minimum atomic E-state index is -3.97. The fourth-order valence-corrected chi connectivity index (χ4v) is 4.86. The van der Waals surface area contributed by atoms with Gasteiger partial charge in [-0.25, -0.2) is 8.42 Å². The average molecular weight is 539 g/mol. The van der Waals surface area contributed by atoms with Crippen molar-refractivity contribution >= 4 is 68.2 Å².